The van der Waals surface area contributed by atoms with Gasteiger partial charge in [-0.05, 0) is 31.8 Å². The summed E-state index contributed by atoms with van der Waals surface area (Å²) in [6.07, 6.45) is 2.62. The Kier molecular flexibility index (Phi) is 5.69. The summed E-state index contributed by atoms with van der Waals surface area (Å²) in [5.41, 5.74) is 0.914. The van der Waals surface area contributed by atoms with Crippen molar-refractivity contribution < 1.29 is 5.11 Å². The number of rotatable bonds is 5. The van der Waals surface area contributed by atoms with E-state index in [1.54, 1.807) is 6.92 Å². The molecule has 11 heavy (non-hydrogen) atoms. The first kappa shape index (κ1) is 11.1. The molecule has 1 N–H and O–H groups in total. The quantitative estimate of drug-likeness (QED) is 0.484. The van der Waals surface area contributed by atoms with Crippen LogP contribution in [0.25, 0.3) is 0 Å². The first-order chi connectivity index (χ1) is 5.07. The minimum absolute atomic E-state index is 0.368. The van der Waals surface area contributed by atoms with Crippen LogP contribution in [-0.2, 0) is 0 Å². The predicted molar refractivity (Wildman–Crippen MR) is 53.1 cm³/mol. The van der Waals surface area contributed by atoms with E-state index in [0.717, 1.165) is 24.8 Å². The van der Waals surface area contributed by atoms with Crippen LogP contribution in [0.4, 0.5) is 0 Å². The standard InChI is InChI=1S/C9H18OS/c1-4-9(11)6-5-7(2)8(3)10/h8-11H,2,4-6H2,1,3H3. The van der Waals surface area contributed by atoms with Gasteiger partial charge in [-0.2, -0.15) is 12.6 Å². The summed E-state index contributed by atoms with van der Waals surface area (Å²) in [6.45, 7) is 7.64. The van der Waals surface area contributed by atoms with Crippen molar-refractivity contribution in [3.05, 3.63) is 12.2 Å². The van der Waals surface area contributed by atoms with E-state index in [9.17, 15) is 0 Å². The fourth-order valence-electron chi connectivity index (χ4n) is 0.765. The van der Waals surface area contributed by atoms with Gasteiger partial charge in [0.05, 0.1) is 6.10 Å². The van der Waals surface area contributed by atoms with E-state index in [2.05, 4.69) is 26.1 Å². The Morgan fingerprint density at radius 3 is 2.55 bits per heavy atom. The van der Waals surface area contributed by atoms with E-state index in [0.29, 0.717) is 5.25 Å². The van der Waals surface area contributed by atoms with Gasteiger partial charge in [0.1, 0.15) is 0 Å². The molecule has 0 fully saturated rings. The van der Waals surface area contributed by atoms with Crippen molar-refractivity contribution in [1.82, 2.24) is 0 Å². The number of aliphatic hydroxyl groups is 1. The minimum atomic E-state index is -0.368. The molecule has 0 spiro atoms. The molecule has 0 bridgehead atoms. The van der Waals surface area contributed by atoms with Crippen molar-refractivity contribution in [2.75, 3.05) is 0 Å². The molecule has 1 nitrogen and oxygen atoms in total. The van der Waals surface area contributed by atoms with Gasteiger partial charge in [0.2, 0.25) is 0 Å². The fourth-order valence-corrected chi connectivity index (χ4v) is 0.894. The van der Waals surface area contributed by atoms with E-state index < -0.39 is 0 Å². The molecule has 0 rings (SSSR count). The molecule has 0 aliphatic heterocycles. The van der Waals surface area contributed by atoms with Crippen LogP contribution >= 0.6 is 12.6 Å². The van der Waals surface area contributed by atoms with E-state index in [1.165, 1.54) is 0 Å². The molecule has 2 unspecified atom stereocenters. The Labute approximate surface area is 74.9 Å². The molecule has 0 saturated carbocycles. The van der Waals surface area contributed by atoms with Gasteiger partial charge in [-0.1, -0.05) is 13.5 Å². The van der Waals surface area contributed by atoms with Crippen molar-refractivity contribution in [2.45, 2.75) is 44.5 Å². The Hall–Kier alpha value is 0.0500. The molecule has 0 aromatic carbocycles. The molecule has 0 saturated heterocycles. The van der Waals surface area contributed by atoms with Crippen molar-refractivity contribution in [2.24, 2.45) is 0 Å². The summed E-state index contributed by atoms with van der Waals surface area (Å²) in [5, 5.41) is 9.53. The molecule has 0 aromatic rings. The normalized spacial score (nSPS) is 16.0. The third-order valence-electron chi connectivity index (χ3n) is 1.86. The van der Waals surface area contributed by atoms with E-state index in [1.807, 2.05) is 0 Å². The van der Waals surface area contributed by atoms with Crippen LogP contribution in [-0.4, -0.2) is 16.5 Å². The first-order valence-electron chi connectivity index (χ1n) is 4.11. The average Bonchev–Trinajstić information content (AvgIpc) is 1.99. The second-order valence-corrected chi connectivity index (χ2v) is 3.67. The van der Waals surface area contributed by atoms with Gasteiger partial charge >= 0.3 is 0 Å². The minimum Gasteiger partial charge on any atom is -0.389 e. The van der Waals surface area contributed by atoms with Gasteiger partial charge in [0, 0.05) is 5.25 Å². The monoisotopic (exact) mass is 174 g/mol. The molecule has 0 aliphatic rings. The number of hydrogen-bond acceptors (Lipinski definition) is 2. The van der Waals surface area contributed by atoms with Crippen LogP contribution in [0.2, 0.25) is 0 Å². The summed E-state index contributed by atoms with van der Waals surface area (Å²) < 4.78 is 0. The summed E-state index contributed by atoms with van der Waals surface area (Å²) in [4.78, 5) is 0. The zero-order chi connectivity index (χ0) is 8.85. The third-order valence-corrected chi connectivity index (χ3v) is 2.48. The largest absolute Gasteiger partial charge is 0.389 e. The van der Waals surface area contributed by atoms with Crippen molar-refractivity contribution >= 4 is 12.6 Å². The molecule has 0 aromatic heterocycles. The Morgan fingerprint density at radius 1 is 1.64 bits per heavy atom. The van der Waals surface area contributed by atoms with Crippen LogP contribution in [0, 0.1) is 0 Å². The molecular formula is C9H18OS. The Bertz CT molecular complexity index is 121. The van der Waals surface area contributed by atoms with Gasteiger partial charge in [-0.25, -0.2) is 0 Å². The van der Waals surface area contributed by atoms with E-state index in [-0.39, 0.29) is 6.10 Å². The summed E-state index contributed by atoms with van der Waals surface area (Å²) in [6, 6.07) is 0. The summed E-state index contributed by atoms with van der Waals surface area (Å²) in [7, 11) is 0. The van der Waals surface area contributed by atoms with E-state index in [4.69, 9.17) is 5.11 Å². The highest BCUT2D eigenvalue weighted by molar-refractivity contribution is 7.80. The van der Waals surface area contributed by atoms with Crippen LogP contribution in [0.3, 0.4) is 0 Å². The summed E-state index contributed by atoms with van der Waals surface area (Å²) in [5.74, 6) is 0. The van der Waals surface area contributed by atoms with Gasteiger partial charge in [0.15, 0.2) is 0 Å². The number of thiol groups is 1. The molecule has 2 heteroatoms. The smallest absolute Gasteiger partial charge is 0.0719 e. The lowest BCUT2D eigenvalue weighted by molar-refractivity contribution is 0.227. The SMILES string of the molecule is C=C(CCC(S)CC)C(C)O. The van der Waals surface area contributed by atoms with Crippen LogP contribution < -0.4 is 0 Å². The molecule has 66 valence electrons. The van der Waals surface area contributed by atoms with E-state index >= 15 is 0 Å². The zero-order valence-corrected chi connectivity index (χ0v) is 8.27. The zero-order valence-electron chi connectivity index (χ0n) is 7.38. The second kappa shape index (κ2) is 5.67. The second-order valence-electron chi connectivity index (χ2n) is 2.93. The van der Waals surface area contributed by atoms with Crippen molar-refractivity contribution in [3.63, 3.8) is 0 Å². The van der Waals surface area contributed by atoms with Crippen LogP contribution in [0.5, 0.6) is 0 Å². The Morgan fingerprint density at radius 2 is 2.18 bits per heavy atom. The molecule has 0 radical (unpaired) electrons. The third kappa shape index (κ3) is 5.33. The van der Waals surface area contributed by atoms with Crippen molar-refractivity contribution in [1.29, 1.82) is 0 Å². The maximum absolute atomic E-state index is 9.08. The lowest BCUT2D eigenvalue weighted by Crippen LogP contribution is -2.05. The van der Waals surface area contributed by atoms with Gasteiger partial charge in [-0.3, -0.25) is 0 Å². The van der Waals surface area contributed by atoms with Gasteiger partial charge in [0.25, 0.3) is 0 Å². The average molecular weight is 174 g/mol. The van der Waals surface area contributed by atoms with Gasteiger partial charge in [-0.15, -0.1) is 0 Å². The molecular weight excluding hydrogens is 156 g/mol. The highest BCUT2D eigenvalue weighted by atomic mass is 32.1. The van der Waals surface area contributed by atoms with Crippen molar-refractivity contribution in [3.8, 4) is 0 Å². The summed E-state index contributed by atoms with van der Waals surface area (Å²) >= 11 is 4.35. The maximum atomic E-state index is 9.08. The lowest BCUT2D eigenvalue weighted by atomic mass is 10.1. The maximum Gasteiger partial charge on any atom is 0.0719 e. The van der Waals surface area contributed by atoms with Crippen LogP contribution in [0.15, 0.2) is 12.2 Å². The number of aliphatic hydroxyl groups excluding tert-OH is 1. The topological polar surface area (TPSA) is 20.2 Å². The predicted octanol–water partition coefficient (Wildman–Crippen LogP) is 2.41. The fraction of sp³-hybridized carbons (Fsp3) is 0.778. The first-order valence-corrected chi connectivity index (χ1v) is 4.63. The van der Waals surface area contributed by atoms with Gasteiger partial charge < -0.3 is 5.11 Å². The molecule has 0 aliphatic carbocycles. The lowest BCUT2D eigenvalue weighted by Gasteiger charge is -2.11. The Balaban J connectivity index is 3.46. The molecule has 0 amide bonds. The molecule has 0 heterocycles. The number of hydrogen-bond donors (Lipinski definition) is 2. The highest BCUT2D eigenvalue weighted by Gasteiger charge is 2.04. The van der Waals surface area contributed by atoms with Crippen LogP contribution in [0.1, 0.15) is 33.1 Å². The molecule has 2 atom stereocenters. The highest BCUT2D eigenvalue weighted by Crippen LogP contribution is 2.14.